The fourth-order valence-corrected chi connectivity index (χ4v) is 2.97. The van der Waals surface area contributed by atoms with Crippen molar-refractivity contribution in [1.82, 2.24) is 5.32 Å². The summed E-state index contributed by atoms with van der Waals surface area (Å²) in [5.74, 6) is -0.617. The SMILES string of the molecule is Cl.O=C(O)C1c2ccccc2OC12CCCNC2. The lowest BCUT2D eigenvalue weighted by Gasteiger charge is -2.36. The summed E-state index contributed by atoms with van der Waals surface area (Å²) in [5, 5.41) is 12.7. The highest BCUT2D eigenvalue weighted by atomic mass is 35.5. The van der Waals surface area contributed by atoms with E-state index in [1.165, 1.54) is 0 Å². The highest BCUT2D eigenvalue weighted by molar-refractivity contribution is 5.85. The van der Waals surface area contributed by atoms with Gasteiger partial charge in [-0.3, -0.25) is 4.79 Å². The number of ether oxygens (including phenoxy) is 1. The average Bonchev–Trinajstić information content (AvgIpc) is 2.63. The predicted molar refractivity (Wildman–Crippen MR) is 69.5 cm³/mol. The van der Waals surface area contributed by atoms with Crippen molar-refractivity contribution in [2.75, 3.05) is 13.1 Å². The monoisotopic (exact) mass is 269 g/mol. The summed E-state index contributed by atoms with van der Waals surface area (Å²) in [4.78, 5) is 11.5. The number of hydrogen-bond donors (Lipinski definition) is 2. The van der Waals surface area contributed by atoms with Crippen LogP contribution in [0.5, 0.6) is 5.75 Å². The Morgan fingerprint density at radius 1 is 1.44 bits per heavy atom. The number of carboxylic acids is 1. The van der Waals surface area contributed by atoms with Gasteiger partial charge in [-0.25, -0.2) is 0 Å². The third kappa shape index (κ3) is 1.85. The number of para-hydroxylation sites is 1. The number of benzene rings is 1. The molecule has 5 heteroatoms. The zero-order chi connectivity index (χ0) is 11.9. The minimum Gasteiger partial charge on any atom is -0.484 e. The third-order valence-electron chi connectivity index (χ3n) is 3.69. The molecule has 0 saturated carbocycles. The van der Waals surface area contributed by atoms with Crippen LogP contribution < -0.4 is 10.1 Å². The maximum Gasteiger partial charge on any atom is 0.315 e. The van der Waals surface area contributed by atoms with Crippen molar-refractivity contribution >= 4 is 18.4 Å². The number of carbonyl (C=O) groups is 1. The lowest BCUT2D eigenvalue weighted by molar-refractivity contribution is -0.143. The van der Waals surface area contributed by atoms with E-state index in [0.29, 0.717) is 6.54 Å². The summed E-state index contributed by atoms with van der Waals surface area (Å²) < 4.78 is 5.97. The molecule has 0 amide bonds. The zero-order valence-corrected chi connectivity index (χ0v) is 10.7. The van der Waals surface area contributed by atoms with Gasteiger partial charge in [0.25, 0.3) is 0 Å². The van der Waals surface area contributed by atoms with Crippen molar-refractivity contribution in [2.24, 2.45) is 0 Å². The number of fused-ring (bicyclic) bond motifs is 1. The number of nitrogens with one attached hydrogen (secondary N) is 1. The minimum absolute atomic E-state index is 0. The third-order valence-corrected chi connectivity index (χ3v) is 3.69. The Kier molecular flexibility index (Phi) is 3.50. The fourth-order valence-electron chi connectivity index (χ4n) is 2.97. The first-order valence-electron chi connectivity index (χ1n) is 5.94. The molecule has 2 heterocycles. The number of halogens is 1. The van der Waals surface area contributed by atoms with Crippen molar-refractivity contribution in [3.05, 3.63) is 29.8 Å². The normalized spacial score (nSPS) is 29.2. The summed E-state index contributed by atoms with van der Waals surface area (Å²) in [6, 6.07) is 7.46. The smallest absolute Gasteiger partial charge is 0.315 e. The molecule has 2 unspecified atom stereocenters. The predicted octanol–water partition coefficient (Wildman–Crippen LogP) is 1.79. The van der Waals surface area contributed by atoms with Gasteiger partial charge < -0.3 is 15.2 Å². The van der Waals surface area contributed by atoms with E-state index < -0.39 is 17.5 Å². The first kappa shape index (κ1) is 13.2. The minimum atomic E-state index is -0.793. The molecule has 1 spiro atoms. The molecule has 1 saturated heterocycles. The van der Waals surface area contributed by atoms with E-state index in [9.17, 15) is 9.90 Å². The molecule has 98 valence electrons. The first-order valence-corrected chi connectivity index (χ1v) is 5.94. The molecule has 0 radical (unpaired) electrons. The van der Waals surface area contributed by atoms with E-state index in [2.05, 4.69) is 5.32 Å². The van der Waals surface area contributed by atoms with E-state index in [1.54, 1.807) is 0 Å². The Balaban J connectivity index is 0.00000120. The number of piperidine rings is 1. The summed E-state index contributed by atoms with van der Waals surface area (Å²) in [5.41, 5.74) is 0.219. The molecule has 1 aromatic rings. The van der Waals surface area contributed by atoms with Gasteiger partial charge in [-0.2, -0.15) is 0 Å². The number of rotatable bonds is 1. The Morgan fingerprint density at radius 3 is 2.89 bits per heavy atom. The van der Waals surface area contributed by atoms with E-state index >= 15 is 0 Å². The number of aliphatic carboxylic acids is 1. The van der Waals surface area contributed by atoms with E-state index in [1.807, 2.05) is 24.3 Å². The van der Waals surface area contributed by atoms with Crippen LogP contribution in [0.2, 0.25) is 0 Å². The van der Waals surface area contributed by atoms with Crippen molar-refractivity contribution in [1.29, 1.82) is 0 Å². The first-order chi connectivity index (χ1) is 8.23. The van der Waals surface area contributed by atoms with E-state index in [-0.39, 0.29) is 12.4 Å². The van der Waals surface area contributed by atoms with Gasteiger partial charge in [-0.15, -0.1) is 12.4 Å². The molecule has 2 atom stereocenters. The Hall–Kier alpha value is -1.26. The van der Waals surface area contributed by atoms with Crippen LogP contribution in [0, 0.1) is 0 Å². The van der Waals surface area contributed by atoms with Gasteiger partial charge in [0, 0.05) is 12.1 Å². The van der Waals surface area contributed by atoms with Crippen LogP contribution in [0.4, 0.5) is 0 Å². The van der Waals surface area contributed by atoms with Crippen LogP contribution >= 0.6 is 12.4 Å². The second-order valence-electron chi connectivity index (χ2n) is 4.76. The fraction of sp³-hybridized carbons (Fsp3) is 0.462. The van der Waals surface area contributed by atoms with Crippen molar-refractivity contribution in [3.8, 4) is 5.75 Å². The molecular formula is C13H16ClNO3. The quantitative estimate of drug-likeness (QED) is 0.816. The molecule has 1 fully saturated rings. The summed E-state index contributed by atoms with van der Waals surface area (Å²) in [6.45, 7) is 1.55. The van der Waals surface area contributed by atoms with Gasteiger partial charge in [0.15, 0.2) is 0 Å². The molecule has 2 aliphatic heterocycles. The summed E-state index contributed by atoms with van der Waals surface area (Å²) >= 11 is 0. The van der Waals surface area contributed by atoms with Crippen molar-refractivity contribution in [2.45, 2.75) is 24.4 Å². The summed E-state index contributed by atoms with van der Waals surface area (Å²) in [6.07, 6.45) is 1.75. The second-order valence-corrected chi connectivity index (χ2v) is 4.76. The summed E-state index contributed by atoms with van der Waals surface area (Å²) in [7, 11) is 0. The van der Waals surface area contributed by atoms with Crippen molar-refractivity contribution in [3.63, 3.8) is 0 Å². The van der Waals surface area contributed by atoms with Gasteiger partial charge in [-0.1, -0.05) is 18.2 Å². The number of carboxylic acid groups (broad SMARTS) is 1. The van der Waals surface area contributed by atoms with Gasteiger partial charge >= 0.3 is 5.97 Å². The molecule has 2 N–H and O–H groups in total. The molecule has 0 aliphatic carbocycles. The van der Waals surface area contributed by atoms with Crippen LogP contribution in [-0.4, -0.2) is 29.8 Å². The molecular weight excluding hydrogens is 254 g/mol. The molecule has 0 bridgehead atoms. The van der Waals surface area contributed by atoms with Gasteiger partial charge in [0.2, 0.25) is 0 Å². The Bertz CT molecular complexity index is 457. The van der Waals surface area contributed by atoms with Crippen LogP contribution in [0.25, 0.3) is 0 Å². The molecule has 2 aliphatic rings. The largest absolute Gasteiger partial charge is 0.484 e. The number of hydrogen-bond acceptors (Lipinski definition) is 3. The highest BCUT2D eigenvalue weighted by Gasteiger charge is 2.52. The van der Waals surface area contributed by atoms with Gasteiger partial charge in [-0.05, 0) is 25.5 Å². The molecule has 4 nitrogen and oxygen atoms in total. The Morgan fingerprint density at radius 2 is 2.22 bits per heavy atom. The molecule has 0 aromatic heterocycles. The second kappa shape index (κ2) is 4.78. The topological polar surface area (TPSA) is 58.6 Å². The lowest BCUT2D eigenvalue weighted by atomic mass is 9.79. The molecule has 18 heavy (non-hydrogen) atoms. The van der Waals surface area contributed by atoms with Gasteiger partial charge in [0.05, 0.1) is 0 Å². The van der Waals surface area contributed by atoms with E-state index in [4.69, 9.17) is 4.74 Å². The highest BCUT2D eigenvalue weighted by Crippen LogP contribution is 2.47. The van der Waals surface area contributed by atoms with Crippen LogP contribution in [0.15, 0.2) is 24.3 Å². The maximum absolute atomic E-state index is 11.5. The van der Waals surface area contributed by atoms with Crippen molar-refractivity contribution < 1.29 is 14.6 Å². The van der Waals surface area contributed by atoms with Crippen LogP contribution in [-0.2, 0) is 4.79 Å². The van der Waals surface area contributed by atoms with Gasteiger partial charge in [0.1, 0.15) is 17.3 Å². The zero-order valence-electron chi connectivity index (χ0n) is 9.89. The lowest BCUT2D eigenvalue weighted by Crippen LogP contribution is -2.53. The van der Waals surface area contributed by atoms with E-state index in [0.717, 1.165) is 30.7 Å². The maximum atomic E-state index is 11.5. The average molecular weight is 270 g/mol. The van der Waals surface area contributed by atoms with Crippen LogP contribution in [0.3, 0.4) is 0 Å². The molecule has 1 aromatic carbocycles. The standard InChI is InChI=1S/C13H15NO3.ClH/c15-12(16)11-9-4-1-2-5-10(9)17-13(11)6-3-7-14-8-13;/h1-2,4-5,11,14H,3,6-8H2,(H,15,16);1H. The Labute approximate surface area is 112 Å². The molecule has 3 rings (SSSR count). The van der Waals surface area contributed by atoms with Crippen LogP contribution in [0.1, 0.15) is 24.3 Å².